The van der Waals surface area contributed by atoms with Crippen molar-refractivity contribution in [2.24, 2.45) is 5.92 Å². The Morgan fingerprint density at radius 3 is 2.36 bits per heavy atom. The molecule has 0 N–H and O–H groups in total. The maximum Gasteiger partial charge on any atom is 0.413 e. The molecule has 3 atom stereocenters. The molecule has 25 heavy (non-hydrogen) atoms. The average molecular weight is 353 g/mol. The molecule has 0 aromatic heterocycles. The molecule has 1 fully saturated rings. The van der Waals surface area contributed by atoms with Crippen LogP contribution in [0.25, 0.3) is 0 Å². The Morgan fingerprint density at radius 1 is 1.24 bits per heavy atom. The number of methoxy groups -OCH3 is 1. The lowest BCUT2D eigenvalue weighted by molar-refractivity contribution is -0.161. The van der Waals surface area contributed by atoms with Crippen molar-refractivity contribution in [2.75, 3.05) is 7.11 Å². The fraction of sp³-hybridized carbons (Fsp3) is 0.722. The maximum atomic E-state index is 12.6. The van der Waals surface area contributed by atoms with Crippen LogP contribution < -0.4 is 0 Å². The van der Waals surface area contributed by atoms with E-state index in [1.54, 1.807) is 27.7 Å². The van der Waals surface area contributed by atoms with Gasteiger partial charge in [-0.05, 0) is 40.5 Å². The first-order chi connectivity index (χ1) is 11.6. The Bertz CT molecular complexity index is 568. The van der Waals surface area contributed by atoms with E-state index in [0.717, 1.165) is 0 Å². The van der Waals surface area contributed by atoms with Crippen LogP contribution in [0.3, 0.4) is 0 Å². The molecule has 0 aromatic rings. The number of hydrogen-bond acceptors (Lipinski definition) is 6. The molecule has 7 nitrogen and oxygen atoms in total. The van der Waals surface area contributed by atoms with E-state index in [1.807, 2.05) is 0 Å². The molecule has 1 aliphatic heterocycles. The second kappa shape index (κ2) is 8.75. The van der Waals surface area contributed by atoms with Crippen molar-refractivity contribution in [3.05, 3.63) is 0 Å². The van der Waals surface area contributed by atoms with Gasteiger partial charge >= 0.3 is 18.0 Å². The summed E-state index contributed by atoms with van der Waals surface area (Å²) in [6.45, 7) is 8.18. The number of ether oxygens (including phenoxy) is 3. The van der Waals surface area contributed by atoms with Gasteiger partial charge in [0.1, 0.15) is 11.6 Å². The van der Waals surface area contributed by atoms with E-state index in [9.17, 15) is 14.4 Å². The largest absolute Gasteiger partial charge is 0.467 e. The second-order valence-corrected chi connectivity index (χ2v) is 6.89. The smallest absolute Gasteiger partial charge is 0.413 e. The summed E-state index contributed by atoms with van der Waals surface area (Å²) in [5, 5.41) is 0. The molecule has 1 unspecified atom stereocenters. The Balaban J connectivity index is 3.14. The third kappa shape index (κ3) is 5.96. The molecule has 1 aliphatic rings. The molecule has 1 heterocycles. The van der Waals surface area contributed by atoms with Gasteiger partial charge in [-0.25, -0.2) is 9.59 Å². The first-order valence-electron chi connectivity index (χ1n) is 8.26. The predicted molar refractivity (Wildman–Crippen MR) is 90.2 cm³/mol. The zero-order chi connectivity index (χ0) is 19.2. The van der Waals surface area contributed by atoms with Gasteiger partial charge in [-0.2, -0.15) is 0 Å². The molecule has 0 saturated carbocycles. The Morgan fingerprint density at radius 2 is 1.88 bits per heavy atom. The molecular formula is C18H27NO6. The van der Waals surface area contributed by atoms with E-state index >= 15 is 0 Å². The summed E-state index contributed by atoms with van der Waals surface area (Å²) in [7, 11) is 1.26. The number of esters is 2. The first kappa shape index (κ1) is 20.8. The van der Waals surface area contributed by atoms with Crippen LogP contribution in [-0.4, -0.2) is 47.9 Å². The lowest BCUT2D eigenvalue weighted by atomic mass is 9.98. The molecule has 0 radical (unpaired) electrons. The summed E-state index contributed by atoms with van der Waals surface area (Å²) in [5.74, 6) is 4.44. The Kier molecular flexibility index (Phi) is 7.28. The highest BCUT2D eigenvalue weighted by Crippen LogP contribution is 2.35. The van der Waals surface area contributed by atoms with Crippen molar-refractivity contribution in [2.45, 2.75) is 71.8 Å². The van der Waals surface area contributed by atoms with Crippen LogP contribution in [-0.2, 0) is 23.8 Å². The molecule has 0 spiro atoms. The highest BCUT2D eigenvalue weighted by atomic mass is 16.6. The third-order valence-corrected chi connectivity index (χ3v) is 3.72. The number of carbonyl (C=O) groups is 3. The first-order valence-corrected chi connectivity index (χ1v) is 8.26. The van der Waals surface area contributed by atoms with Crippen LogP contribution in [0.1, 0.15) is 53.9 Å². The molecule has 0 bridgehead atoms. The van der Waals surface area contributed by atoms with Crippen LogP contribution in [0.4, 0.5) is 4.79 Å². The standard InChI is InChI=1S/C18H27NO6/c1-7-8-9-10-13-11-14(16(21)23-6)19(15(13)24-12(2)20)17(22)25-18(3,4)5/h13-15H,9-11H2,1-6H3/t13-,14-,15?/m0/s1. The molecule has 0 aromatic carbocycles. The Labute approximate surface area is 149 Å². The summed E-state index contributed by atoms with van der Waals surface area (Å²) in [6, 6.07) is -0.858. The number of likely N-dealkylation sites (tertiary alicyclic amines) is 1. The highest BCUT2D eigenvalue weighted by molar-refractivity contribution is 5.82. The van der Waals surface area contributed by atoms with Crippen LogP contribution in [0.15, 0.2) is 0 Å². The van der Waals surface area contributed by atoms with Gasteiger partial charge < -0.3 is 14.2 Å². The van der Waals surface area contributed by atoms with Crippen molar-refractivity contribution in [1.82, 2.24) is 4.90 Å². The van der Waals surface area contributed by atoms with Crippen molar-refractivity contribution in [1.29, 1.82) is 0 Å². The molecule has 1 rings (SSSR count). The molecule has 0 aliphatic carbocycles. The van der Waals surface area contributed by atoms with E-state index in [0.29, 0.717) is 19.3 Å². The van der Waals surface area contributed by atoms with Crippen molar-refractivity contribution in [3.8, 4) is 11.8 Å². The predicted octanol–water partition coefficient (Wildman–Crippen LogP) is 2.48. The minimum Gasteiger partial charge on any atom is -0.467 e. The summed E-state index contributed by atoms with van der Waals surface area (Å²) in [4.78, 5) is 37.5. The monoisotopic (exact) mass is 353 g/mol. The highest BCUT2D eigenvalue weighted by Gasteiger charge is 2.50. The maximum absolute atomic E-state index is 12.6. The summed E-state index contributed by atoms with van der Waals surface area (Å²) in [6.07, 6.45) is -0.0937. The fourth-order valence-corrected chi connectivity index (χ4v) is 2.78. The van der Waals surface area contributed by atoms with Crippen LogP contribution >= 0.6 is 0 Å². The minimum absolute atomic E-state index is 0.221. The quantitative estimate of drug-likeness (QED) is 0.439. The van der Waals surface area contributed by atoms with E-state index in [2.05, 4.69) is 11.8 Å². The van der Waals surface area contributed by atoms with E-state index in [1.165, 1.54) is 18.9 Å². The molecule has 1 amide bonds. The zero-order valence-electron chi connectivity index (χ0n) is 15.8. The van der Waals surface area contributed by atoms with Gasteiger partial charge in [0.2, 0.25) is 0 Å². The van der Waals surface area contributed by atoms with Crippen LogP contribution in [0.5, 0.6) is 0 Å². The SMILES string of the molecule is CC#CCC[C@H]1C[C@@H](C(=O)OC)N(C(=O)OC(C)(C)C)C1OC(C)=O. The third-order valence-electron chi connectivity index (χ3n) is 3.72. The van der Waals surface area contributed by atoms with Crippen molar-refractivity contribution >= 4 is 18.0 Å². The number of nitrogens with zero attached hydrogens (tertiary/aromatic N) is 1. The van der Waals surface area contributed by atoms with Gasteiger partial charge in [-0.1, -0.05) is 0 Å². The van der Waals surface area contributed by atoms with Gasteiger partial charge in [0.25, 0.3) is 0 Å². The zero-order valence-corrected chi connectivity index (χ0v) is 15.8. The molecule has 1 saturated heterocycles. The van der Waals surface area contributed by atoms with E-state index in [4.69, 9.17) is 14.2 Å². The number of carbonyl (C=O) groups excluding carboxylic acids is 3. The topological polar surface area (TPSA) is 82.1 Å². The average Bonchev–Trinajstić information content (AvgIpc) is 2.83. The molecular weight excluding hydrogens is 326 g/mol. The number of hydrogen-bond donors (Lipinski definition) is 0. The van der Waals surface area contributed by atoms with Gasteiger partial charge in [0, 0.05) is 19.3 Å². The Hall–Kier alpha value is -2.23. The fourth-order valence-electron chi connectivity index (χ4n) is 2.78. The molecule has 140 valence electrons. The van der Waals surface area contributed by atoms with Gasteiger partial charge in [-0.15, -0.1) is 11.8 Å². The van der Waals surface area contributed by atoms with Crippen molar-refractivity contribution in [3.63, 3.8) is 0 Å². The summed E-state index contributed by atoms with van der Waals surface area (Å²) in [5.41, 5.74) is -0.746. The normalized spacial score (nSPS) is 22.6. The number of amides is 1. The van der Waals surface area contributed by atoms with E-state index < -0.39 is 35.9 Å². The minimum atomic E-state index is -0.880. The van der Waals surface area contributed by atoms with Gasteiger partial charge in [0.05, 0.1) is 7.11 Å². The lowest BCUT2D eigenvalue weighted by Crippen LogP contribution is -2.49. The number of rotatable bonds is 4. The van der Waals surface area contributed by atoms with E-state index in [-0.39, 0.29) is 5.92 Å². The van der Waals surface area contributed by atoms with Gasteiger partial charge in [-0.3, -0.25) is 9.69 Å². The van der Waals surface area contributed by atoms with Crippen LogP contribution in [0, 0.1) is 17.8 Å². The molecule has 7 heteroatoms. The van der Waals surface area contributed by atoms with Crippen molar-refractivity contribution < 1.29 is 28.6 Å². The van der Waals surface area contributed by atoms with Gasteiger partial charge in [0.15, 0.2) is 6.23 Å². The lowest BCUT2D eigenvalue weighted by Gasteiger charge is -2.31. The van der Waals surface area contributed by atoms with Crippen LogP contribution in [0.2, 0.25) is 0 Å². The second-order valence-electron chi connectivity index (χ2n) is 6.89. The summed E-state index contributed by atoms with van der Waals surface area (Å²) >= 11 is 0. The summed E-state index contributed by atoms with van der Waals surface area (Å²) < 4.78 is 15.6.